The predicted octanol–water partition coefficient (Wildman–Crippen LogP) is 1.10. The maximum absolute atomic E-state index is 5.00. The number of imidazole rings is 1. The number of aromatic nitrogens is 2. The summed E-state index contributed by atoms with van der Waals surface area (Å²) in [4.78, 5) is 7.01. The Labute approximate surface area is 72.3 Å². The van der Waals surface area contributed by atoms with Crippen molar-refractivity contribution in [3.8, 4) is 0 Å². The molecule has 0 aliphatic rings. The number of rotatable bonds is 5. The minimum Gasteiger partial charge on any atom is -0.384 e. The van der Waals surface area contributed by atoms with E-state index in [0.29, 0.717) is 5.92 Å². The van der Waals surface area contributed by atoms with Crippen LogP contribution in [0, 0.1) is 5.92 Å². The van der Waals surface area contributed by atoms with Gasteiger partial charge in [-0.3, -0.25) is 0 Å². The lowest BCUT2D eigenvalue weighted by molar-refractivity contribution is 0.164. The third-order valence-corrected chi connectivity index (χ3v) is 1.57. The van der Waals surface area contributed by atoms with Gasteiger partial charge in [0.05, 0.1) is 6.61 Å². The van der Waals surface area contributed by atoms with Crippen LogP contribution in [-0.4, -0.2) is 30.2 Å². The number of hydrogen-bond acceptors (Lipinski definition) is 3. The standard InChI is InChI=1S/C8H15N3O/c1-7(6-12-2)5-11-8-9-3-4-10-8/h3-4,7H,5-6H2,1-2H3,(H2,9,10,11). The first-order chi connectivity index (χ1) is 5.83. The second-order valence-corrected chi connectivity index (χ2v) is 2.88. The fraction of sp³-hybridized carbons (Fsp3) is 0.625. The SMILES string of the molecule is COCC(C)CNc1ncc[nH]1. The monoisotopic (exact) mass is 169 g/mol. The van der Waals surface area contributed by atoms with Gasteiger partial charge in [0.2, 0.25) is 0 Å². The highest BCUT2D eigenvalue weighted by Crippen LogP contribution is 1.99. The number of H-pyrrole nitrogens is 1. The summed E-state index contributed by atoms with van der Waals surface area (Å²) in [6.45, 7) is 3.77. The van der Waals surface area contributed by atoms with E-state index in [9.17, 15) is 0 Å². The second-order valence-electron chi connectivity index (χ2n) is 2.88. The molecule has 1 rings (SSSR count). The summed E-state index contributed by atoms with van der Waals surface area (Å²) < 4.78 is 5.00. The van der Waals surface area contributed by atoms with E-state index in [1.807, 2.05) is 0 Å². The number of hydrogen-bond donors (Lipinski definition) is 2. The van der Waals surface area contributed by atoms with E-state index in [1.54, 1.807) is 19.5 Å². The van der Waals surface area contributed by atoms with Gasteiger partial charge in [0.1, 0.15) is 0 Å². The van der Waals surface area contributed by atoms with Gasteiger partial charge in [-0.1, -0.05) is 6.92 Å². The molecule has 2 N–H and O–H groups in total. The molecule has 1 atom stereocenters. The van der Waals surface area contributed by atoms with E-state index >= 15 is 0 Å². The molecule has 0 aliphatic carbocycles. The predicted molar refractivity (Wildman–Crippen MR) is 48.1 cm³/mol. The smallest absolute Gasteiger partial charge is 0.200 e. The van der Waals surface area contributed by atoms with Gasteiger partial charge >= 0.3 is 0 Å². The zero-order valence-corrected chi connectivity index (χ0v) is 7.50. The molecule has 1 heterocycles. The van der Waals surface area contributed by atoms with Gasteiger partial charge in [-0.05, 0) is 5.92 Å². The Balaban J connectivity index is 2.17. The van der Waals surface area contributed by atoms with Crippen LogP contribution in [0.5, 0.6) is 0 Å². The number of methoxy groups -OCH3 is 1. The topological polar surface area (TPSA) is 49.9 Å². The highest BCUT2D eigenvalue weighted by molar-refractivity contribution is 5.22. The lowest BCUT2D eigenvalue weighted by Crippen LogP contribution is -2.16. The fourth-order valence-corrected chi connectivity index (χ4v) is 0.976. The summed E-state index contributed by atoms with van der Waals surface area (Å²) >= 11 is 0. The van der Waals surface area contributed by atoms with E-state index in [4.69, 9.17) is 4.74 Å². The molecule has 1 unspecified atom stereocenters. The van der Waals surface area contributed by atoms with Crippen LogP contribution < -0.4 is 5.32 Å². The quantitative estimate of drug-likeness (QED) is 0.694. The first kappa shape index (κ1) is 9.06. The molecule has 0 radical (unpaired) electrons. The maximum Gasteiger partial charge on any atom is 0.200 e. The van der Waals surface area contributed by atoms with Crippen molar-refractivity contribution in [3.05, 3.63) is 12.4 Å². The second kappa shape index (κ2) is 4.77. The number of nitrogens with one attached hydrogen (secondary N) is 2. The van der Waals surface area contributed by atoms with Gasteiger partial charge in [0, 0.05) is 26.0 Å². The van der Waals surface area contributed by atoms with Crippen molar-refractivity contribution in [2.75, 3.05) is 25.6 Å². The average molecular weight is 169 g/mol. The van der Waals surface area contributed by atoms with E-state index in [2.05, 4.69) is 22.2 Å². The van der Waals surface area contributed by atoms with Crippen molar-refractivity contribution in [1.29, 1.82) is 0 Å². The van der Waals surface area contributed by atoms with Gasteiger partial charge < -0.3 is 15.0 Å². The molecule has 1 aromatic rings. The zero-order chi connectivity index (χ0) is 8.81. The number of anilines is 1. The Bertz CT molecular complexity index is 198. The highest BCUT2D eigenvalue weighted by Gasteiger charge is 2.00. The van der Waals surface area contributed by atoms with Gasteiger partial charge in [0.15, 0.2) is 5.95 Å². The molecular weight excluding hydrogens is 154 g/mol. The van der Waals surface area contributed by atoms with Crippen LogP contribution in [0.15, 0.2) is 12.4 Å². The Hall–Kier alpha value is -1.03. The van der Waals surface area contributed by atoms with Crippen LogP contribution in [-0.2, 0) is 4.74 Å². The minimum absolute atomic E-state index is 0.500. The Morgan fingerprint density at radius 1 is 1.75 bits per heavy atom. The minimum atomic E-state index is 0.500. The van der Waals surface area contributed by atoms with Crippen molar-refractivity contribution >= 4 is 5.95 Å². The van der Waals surface area contributed by atoms with Crippen LogP contribution in [0.2, 0.25) is 0 Å². The molecule has 0 saturated carbocycles. The molecule has 0 aliphatic heterocycles. The molecule has 0 saturated heterocycles. The van der Waals surface area contributed by atoms with Crippen molar-refractivity contribution in [1.82, 2.24) is 9.97 Å². The zero-order valence-electron chi connectivity index (χ0n) is 7.50. The van der Waals surface area contributed by atoms with E-state index in [-0.39, 0.29) is 0 Å². The lowest BCUT2D eigenvalue weighted by atomic mass is 10.2. The Morgan fingerprint density at radius 3 is 3.17 bits per heavy atom. The molecule has 0 fully saturated rings. The van der Waals surface area contributed by atoms with Gasteiger partial charge in [-0.2, -0.15) is 0 Å². The van der Waals surface area contributed by atoms with Crippen LogP contribution in [0.25, 0.3) is 0 Å². The summed E-state index contributed by atoms with van der Waals surface area (Å²) in [5, 5.41) is 3.16. The number of ether oxygens (including phenoxy) is 1. The van der Waals surface area contributed by atoms with Gasteiger partial charge in [-0.15, -0.1) is 0 Å². The third-order valence-electron chi connectivity index (χ3n) is 1.57. The molecule has 68 valence electrons. The van der Waals surface area contributed by atoms with Crippen molar-refractivity contribution in [2.24, 2.45) is 5.92 Å². The van der Waals surface area contributed by atoms with Gasteiger partial charge in [0.25, 0.3) is 0 Å². The van der Waals surface area contributed by atoms with Crippen LogP contribution in [0.1, 0.15) is 6.92 Å². The summed E-state index contributed by atoms with van der Waals surface area (Å²) in [6, 6.07) is 0. The number of nitrogens with zero attached hydrogens (tertiary/aromatic N) is 1. The van der Waals surface area contributed by atoms with Crippen molar-refractivity contribution < 1.29 is 4.74 Å². The molecule has 0 spiro atoms. The average Bonchev–Trinajstić information content (AvgIpc) is 2.53. The molecule has 4 nitrogen and oxygen atoms in total. The fourth-order valence-electron chi connectivity index (χ4n) is 0.976. The number of aromatic amines is 1. The third kappa shape index (κ3) is 2.92. The Kier molecular flexibility index (Phi) is 3.60. The first-order valence-electron chi connectivity index (χ1n) is 4.05. The molecule has 0 bridgehead atoms. The van der Waals surface area contributed by atoms with E-state index in [1.165, 1.54) is 0 Å². The Morgan fingerprint density at radius 2 is 2.58 bits per heavy atom. The van der Waals surface area contributed by atoms with Gasteiger partial charge in [-0.25, -0.2) is 4.98 Å². The van der Waals surface area contributed by atoms with Crippen molar-refractivity contribution in [2.45, 2.75) is 6.92 Å². The highest BCUT2D eigenvalue weighted by atomic mass is 16.5. The molecular formula is C8H15N3O. The van der Waals surface area contributed by atoms with E-state index < -0.39 is 0 Å². The van der Waals surface area contributed by atoms with Crippen molar-refractivity contribution in [3.63, 3.8) is 0 Å². The summed E-state index contributed by atoms with van der Waals surface area (Å²) in [5.41, 5.74) is 0. The molecule has 0 amide bonds. The summed E-state index contributed by atoms with van der Waals surface area (Å²) in [5.74, 6) is 1.32. The van der Waals surface area contributed by atoms with Crippen LogP contribution >= 0.6 is 0 Å². The lowest BCUT2D eigenvalue weighted by Gasteiger charge is -2.09. The summed E-state index contributed by atoms with van der Waals surface area (Å²) in [7, 11) is 1.71. The summed E-state index contributed by atoms with van der Waals surface area (Å²) in [6.07, 6.45) is 3.52. The molecule has 4 heteroatoms. The molecule has 1 aromatic heterocycles. The molecule has 0 aromatic carbocycles. The first-order valence-corrected chi connectivity index (χ1v) is 4.05. The molecule has 12 heavy (non-hydrogen) atoms. The normalized spacial score (nSPS) is 12.8. The van der Waals surface area contributed by atoms with E-state index in [0.717, 1.165) is 19.1 Å². The van der Waals surface area contributed by atoms with Crippen LogP contribution in [0.3, 0.4) is 0 Å². The maximum atomic E-state index is 5.00. The van der Waals surface area contributed by atoms with Crippen LogP contribution in [0.4, 0.5) is 5.95 Å². The largest absolute Gasteiger partial charge is 0.384 e.